The number of benzene rings is 1. The fraction of sp³-hybridized carbons (Fsp3) is 0.450. The minimum absolute atomic E-state index is 0.150. The first-order valence-electron chi connectivity index (χ1n) is 9.08. The fourth-order valence-electron chi connectivity index (χ4n) is 3.70. The van der Waals surface area contributed by atoms with Gasteiger partial charge in [0.1, 0.15) is 11.6 Å². The van der Waals surface area contributed by atoms with Crippen LogP contribution in [0.1, 0.15) is 53.5 Å². The molecule has 1 aromatic carbocycles. The molecule has 2 aromatic rings. The highest BCUT2D eigenvalue weighted by Crippen LogP contribution is 2.31. The lowest BCUT2D eigenvalue weighted by molar-refractivity contribution is -0.119. The molecule has 0 bridgehead atoms. The number of fused-ring (bicyclic) bond motifs is 1. The van der Waals surface area contributed by atoms with Crippen LogP contribution in [0.15, 0.2) is 24.3 Å². The summed E-state index contributed by atoms with van der Waals surface area (Å²) in [5.41, 5.74) is 4.48. The van der Waals surface area contributed by atoms with E-state index < -0.39 is 0 Å². The van der Waals surface area contributed by atoms with E-state index in [9.17, 15) is 4.79 Å². The van der Waals surface area contributed by atoms with Gasteiger partial charge in [0.25, 0.3) is 0 Å². The van der Waals surface area contributed by atoms with Crippen LogP contribution in [-0.4, -0.2) is 22.4 Å². The van der Waals surface area contributed by atoms with Gasteiger partial charge in [-0.3, -0.25) is 9.69 Å². The maximum Gasteiger partial charge on any atom is 0.228 e. The highest BCUT2D eigenvalue weighted by molar-refractivity contribution is 5.95. The molecular weight excluding hydrogens is 312 g/mol. The Morgan fingerprint density at radius 1 is 1.16 bits per heavy atom. The van der Waals surface area contributed by atoms with Gasteiger partial charge in [0.2, 0.25) is 5.91 Å². The molecule has 5 nitrogen and oxygen atoms in total. The summed E-state index contributed by atoms with van der Waals surface area (Å²) < 4.78 is 0. The maximum absolute atomic E-state index is 12.6. The van der Waals surface area contributed by atoms with Gasteiger partial charge >= 0.3 is 0 Å². The Morgan fingerprint density at radius 2 is 1.96 bits per heavy atom. The van der Waals surface area contributed by atoms with E-state index in [0.717, 1.165) is 54.3 Å². The Hall–Kier alpha value is -2.27. The number of rotatable bonds is 3. The molecule has 1 N–H and O–H groups in total. The van der Waals surface area contributed by atoms with Gasteiger partial charge in [0.15, 0.2) is 0 Å². The lowest BCUT2D eigenvalue weighted by atomic mass is 10.0. The number of aryl methyl sites for hydroxylation is 2. The monoisotopic (exact) mass is 336 g/mol. The second-order valence-electron chi connectivity index (χ2n) is 7.08. The normalized spacial score (nSPS) is 20.0. The summed E-state index contributed by atoms with van der Waals surface area (Å²) in [6.07, 6.45) is 3.48. The number of aromatic nitrogens is 2. The van der Waals surface area contributed by atoms with Crippen LogP contribution < -0.4 is 10.2 Å². The molecule has 1 amide bonds. The predicted octanol–water partition coefficient (Wildman–Crippen LogP) is 3.00. The van der Waals surface area contributed by atoms with E-state index in [1.807, 2.05) is 11.8 Å². The van der Waals surface area contributed by atoms with E-state index in [1.54, 1.807) is 0 Å². The molecule has 25 heavy (non-hydrogen) atoms. The number of carbonyl (C=O) groups excluding carboxylic acids is 1. The van der Waals surface area contributed by atoms with Crippen molar-refractivity contribution in [2.75, 3.05) is 11.4 Å². The first kappa shape index (κ1) is 16.2. The van der Waals surface area contributed by atoms with Gasteiger partial charge in [0, 0.05) is 17.7 Å². The van der Waals surface area contributed by atoms with Crippen LogP contribution in [0.3, 0.4) is 0 Å². The van der Waals surface area contributed by atoms with Gasteiger partial charge in [-0.05, 0) is 45.2 Å². The lowest BCUT2D eigenvalue weighted by Gasteiger charge is -2.30. The van der Waals surface area contributed by atoms with Crippen LogP contribution in [0.2, 0.25) is 0 Å². The molecule has 1 fully saturated rings. The molecular formula is C20H24N4O. The van der Waals surface area contributed by atoms with E-state index in [4.69, 9.17) is 9.97 Å². The van der Waals surface area contributed by atoms with Gasteiger partial charge in [-0.1, -0.05) is 29.8 Å². The Balaban J connectivity index is 1.71. The zero-order chi connectivity index (χ0) is 17.4. The van der Waals surface area contributed by atoms with E-state index >= 15 is 0 Å². The maximum atomic E-state index is 12.6. The number of amides is 1. The third-order valence-corrected chi connectivity index (χ3v) is 5.19. The zero-order valence-corrected chi connectivity index (χ0v) is 14.9. The van der Waals surface area contributed by atoms with E-state index in [-0.39, 0.29) is 11.9 Å². The third kappa shape index (κ3) is 3.16. The summed E-state index contributed by atoms with van der Waals surface area (Å²) in [6.45, 7) is 5.69. The average molecular weight is 336 g/mol. The molecule has 1 saturated heterocycles. The molecule has 0 aliphatic carbocycles. The summed E-state index contributed by atoms with van der Waals surface area (Å²) in [5, 5.41) is 3.46. The first-order chi connectivity index (χ1) is 12.1. The largest absolute Gasteiger partial charge is 0.307 e. The van der Waals surface area contributed by atoms with Crippen molar-refractivity contribution in [1.29, 1.82) is 0 Å². The predicted molar refractivity (Wildman–Crippen MR) is 97.4 cm³/mol. The van der Waals surface area contributed by atoms with Crippen LogP contribution in [-0.2, 0) is 17.8 Å². The third-order valence-electron chi connectivity index (χ3n) is 5.19. The summed E-state index contributed by atoms with van der Waals surface area (Å²) in [4.78, 5) is 24.0. The minimum Gasteiger partial charge on any atom is -0.307 e. The number of nitrogens with one attached hydrogen (secondary N) is 1. The smallest absolute Gasteiger partial charge is 0.228 e. The van der Waals surface area contributed by atoms with Gasteiger partial charge in [-0.2, -0.15) is 0 Å². The van der Waals surface area contributed by atoms with Crippen molar-refractivity contribution in [1.82, 2.24) is 15.3 Å². The first-order valence-corrected chi connectivity index (χ1v) is 9.08. The van der Waals surface area contributed by atoms with Crippen LogP contribution >= 0.6 is 0 Å². The molecule has 5 heteroatoms. The summed E-state index contributed by atoms with van der Waals surface area (Å²) in [7, 11) is 0. The molecule has 0 saturated carbocycles. The number of carbonyl (C=O) groups is 1. The van der Waals surface area contributed by atoms with Gasteiger partial charge in [-0.15, -0.1) is 0 Å². The molecule has 130 valence electrons. The van der Waals surface area contributed by atoms with Crippen molar-refractivity contribution in [2.45, 2.75) is 52.1 Å². The number of hydrogen-bond donors (Lipinski definition) is 1. The molecule has 1 aromatic heterocycles. The van der Waals surface area contributed by atoms with Crippen molar-refractivity contribution >= 4 is 11.7 Å². The number of hydrogen-bond acceptors (Lipinski definition) is 4. The standard InChI is InChI=1S/C20H24N4O/c1-13-5-7-15(8-6-13)12-24-18(25)10-9-16-14(2)22-19(23-20(16)24)17-4-3-11-21-17/h5-8,17,21H,3-4,9-12H2,1-2H3/t17-/m0/s1. The molecule has 0 radical (unpaired) electrons. The topological polar surface area (TPSA) is 58.1 Å². The Bertz CT molecular complexity index is 794. The fourth-order valence-corrected chi connectivity index (χ4v) is 3.70. The van der Waals surface area contributed by atoms with Gasteiger partial charge < -0.3 is 5.32 Å². The molecule has 0 unspecified atom stereocenters. The van der Waals surface area contributed by atoms with Crippen LogP contribution in [0.4, 0.5) is 5.82 Å². The van der Waals surface area contributed by atoms with Crippen LogP contribution in [0.25, 0.3) is 0 Å². The van der Waals surface area contributed by atoms with E-state index in [0.29, 0.717) is 13.0 Å². The van der Waals surface area contributed by atoms with Crippen molar-refractivity contribution < 1.29 is 4.79 Å². The van der Waals surface area contributed by atoms with Crippen molar-refractivity contribution in [2.24, 2.45) is 0 Å². The van der Waals surface area contributed by atoms with Gasteiger partial charge in [-0.25, -0.2) is 9.97 Å². The Kier molecular flexibility index (Phi) is 4.25. The van der Waals surface area contributed by atoms with Crippen LogP contribution in [0.5, 0.6) is 0 Å². The lowest BCUT2D eigenvalue weighted by Crippen LogP contribution is -2.36. The zero-order valence-electron chi connectivity index (χ0n) is 14.9. The van der Waals surface area contributed by atoms with Crippen molar-refractivity contribution in [3.05, 3.63) is 52.5 Å². The quantitative estimate of drug-likeness (QED) is 0.936. The summed E-state index contributed by atoms with van der Waals surface area (Å²) in [5.74, 6) is 1.79. The van der Waals surface area contributed by atoms with Crippen LogP contribution in [0, 0.1) is 13.8 Å². The van der Waals surface area contributed by atoms with E-state index in [2.05, 4.69) is 36.5 Å². The minimum atomic E-state index is 0.150. The second kappa shape index (κ2) is 6.56. The Labute approximate surface area is 148 Å². The van der Waals surface area contributed by atoms with E-state index in [1.165, 1.54) is 5.56 Å². The van der Waals surface area contributed by atoms with Gasteiger partial charge in [0.05, 0.1) is 12.6 Å². The molecule has 3 heterocycles. The molecule has 2 aliphatic rings. The molecule has 0 spiro atoms. The second-order valence-corrected chi connectivity index (χ2v) is 7.08. The highest BCUT2D eigenvalue weighted by atomic mass is 16.2. The van der Waals surface area contributed by atoms with Crippen molar-refractivity contribution in [3.8, 4) is 0 Å². The SMILES string of the molecule is Cc1ccc(CN2C(=O)CCc3c(C)nc([C@@H]4CCCN4)nc32)cc1. The number of anilines is 1. The summed E-state index contributed by atoms with van der Waals surface area (Å²) >= 11 is 0. The summed E-state index contributed by atoms with van der Waals surface area (Å²) in [6, 6.07) is 8.56. The Morgan fingerprint density at radius 3 is 2.68 bits per heavy atom. The molecule has 4 rings (SSSR count). The molecule has 1 atom stereocenters. The number of nitrogens with zero attached hydrogens (tertiary/aromatic N) is 3. The van der Waals surface area contributed by atoms with Crippen molar-refractivity contribution in [3.63, 3.8) is 0 Å². The highest BCUT2D eigenvalue weighted by Gasteiger charge is 2.30. The average Bonchev–Trinajstić information content (AvgIpc) is 3.14. The molecule has 2 aliphatic heterocycles.